The van der Waals surface area contributed by atoms with Crippen molar-refractivity contribution in [3.05, 3.63) is 70.8 Å². The first-order chi connectivity index (χ1) is 12.2. The van der Waals surface area contributed by atoms with Crippen LogP contribution in [0.25, 0.3) is 0 Å². The van der Waals surface area contributed by atoms with Crippen molar-refractivity contribution in [1.29, 1.82) is 5.26 Å². The summed E-state index contributed by atoms with van der Waals surface area (Å²) in [5.41, 5.74) is -1.23. The van der Waals surface area contributed by atoms with Gasteiger partial charge >= 0.3 is 12.1 Å². The van der Waals surface area contributed by atoms with E-state index in [-0.39, 0.29) is 12.0 Å². The average molecular weight is 362 g/mol. The van der Waals surface area contributed by atoms with E-state index in [0.29, 0.717) is 5.56 Å². The number of benzene rings is 2. The molecule has 0 fully saturated rings. The largest absolute Gasteiger partial charge is 0.480 e. The van der Waals surface area contributed by atoms with Crippen LogP contribution in [-0.2, 0) is 17.4 Å². The maximum absolute atomic E-state index is 13.0. The minimum absolute atomic E-state index is 0.226. The Balaban J connectivity index is 2.28. The van der Waals surface area contributed by atoms with Crippen molar-refractivity contribution in [2.24, 2.45) is 0 Å². The van der Waals surface area contributed by atoms with E-state index in [1.54, 1.807) is 12.1 Å². The lowest BCUT2D eigenvalue weighted by Crippen LogP contribution is -2.43. The summed E-state index contributed by atoms with van der Waals surface area (Å²) < 4.78 is 39.1. The van der Waals surface area contributed by atoms with Crippen LogP contribution >= 0.6 is 0 Å². The fourth-order valence-electron chi connectivity index (χ4n) is 2.39. The summed E-state index contributed by atoms with van der Waals surface area (Å²) in [5, 5.41) is 20.4. The number of nitrogens with one attached hydrogen (secondary N) is 1. The second-order valence-electron chi connectivity index (χ2n) is 5.38. The Morgan fingerprint density at radius 3 is 2.35 bits per heavy atom. The number of rotatable bonds is 5. The summed E-state index contributed by atoms with van der Waals surface area (Å²) in [7, 11) is 0. The Labute approximate surface area is 146 Å². The summed E-state index contributed by atoms with van der Waals surface area (Å²) in [6.07, 6.45) is -4.99. The number of halogens is 3. The minimum Gasteiger partial charge on any atom is -0.480 e. The molecule has 0 spiro atoms. The van der Waals surface area contributed by atoms with Crippen molar-refractivity contribution in [1.82, 2.24) is 5.32 Å². The summed E-state index contributed by atoms with van der Waals surface area (Å²) in [6, 6.07) is 10.7. The van der Waals surface area contributed by atoms with Gasteiger partial charge in [0.1, 0.15) is 6.04 Å². The Bertz CT molecular complexity index is 872. The lowest BCUT2D eigenvalue weighted by Gasteiger charge is -2.17. The van der Waals surface area contributed by atoms with E-state index in [0.717, 1.165) is 18.2 Å². The second kappa shape index (κ2) is 7.70. The van der Waals surface area contributed by atoms with Gasteiger partial charge in [0.2, 0.25) is 0 Å². The van der Waals surface area contributed by atoms with E-state index in [1.165, 1.54) is 18.2 Å². The van der Waals surface area contributed by atoms with E-state index < -0.39 is 35.2 Å². The molecular weight excluding hydrogens is 349 g/mol. The topological polar surface area (TPSA) is 90.2 Å². The van der Waals surface area contributed by atoms with E-state index in [9.17, 15) is 27.9 Å². The van der Waals surface area contributed by atoms with Crippen LogP contribution in [0.1, 0.15) is 27.0 Å². The van der Waals surface area contributed by atoms with E-state index >= 15 is 0 Å². The molecule has 2 rings (SSSR count). The van der Waals surface area contributed by atoms with Crippen molar-refractivity contribution in [2.75, 3.05) is 0 Å². The molecule has 0 unspecified atom stereocenters. The summed E-state index contributed by atoms with van der Waals surface area (Å²) in [5.74, 6) is -2.57. The highest BCUT2D eigenvalue weighted by Gasteiger charge is 2.35. The predicted octanol–water partition coefficient (Wildman–Crippen LogP) is 3.00. The van der Waals surface area contributed by atoms with Crippen LogP contribution in [0.5, 0.6) is 0 Å². The molecular formula is C18H13F3N2O3. The molecule has 5 nitrogen and oxygen atoms in total. The Morgan fingerprint density at radius 2 is 1.73 bits per heavy atom. The number of nitriles is 1. The molecule has 8 heteroatoms. The third kappa shape index (κ3) is 4.39. The number of carboxylic acid groups (broad SMARTS) is 1. The fraction of sp³-hybridized carbons (Fsp3) is 0.167. The highest BCUT2D eigenvalue weighted by atomic mass is 19.4. The van der Waals surface area contributed by atoms with Gasteiger partial charge in [-0.05, 0) is 23.8 Å². The van der Waals surface area contributed by atoms with Crippen LogP contribution in [0.2, 0.25) is 0 Å². The molecule has 0 radical (unpaired) electrons. The molecule has 0 aliphatic carbocycles. The van der Waals surface area contributed by atoms with Crippen LogP contribution in [0, 0.1) is 11.3 Å². The standard InChI is InChI=1S/C18H13F3N2O3/c19-18(20,21)14-8-4-3-7-13(14)16(24)23-15(17(25)26)9-11-5-1-2-6-12(11)10-22/h1-8,15H,9H2,(H,23,24)(H,25,26)/t15-/m1/s1. The van der Waals surface area contributed by atoms with Gasteiger partial charge in [-0.3, -0.25) is 4.79 Å². The molecule has 1 amide bonds. The fourth-order valence-corrected chi connectivity index (χ4v) is 2.39. The van der Waals surface area contributed by atoms with E-state index in [1.807, 2.05) is 6.07 Å². The number of hydrogen-bond acceptors (Lipinski definition) is 3. The van der Waals surface area contributed by atoms with Crippen LogP contribution in [0.4, 0.5) is 13.2 Å². The maximum Gasteiger partial charge on any atom is 0.417 e. The maximum atomic E-state index is 13.0. The van der Waals surface area contributed by atoms with Gasteiger partial charge in [0.05, 0.1) is 22.8 Å². The smallest absolute Gasteiger partial charge is 0.417 e. The van der Waals surface area contributed by atoms with Gasteiger partial charge in [0.15, 0.2) is 0 Å². The zero-order valence-electron chi connectivity index (χ0n) is 13.2. The van der Waals surface area contributed by atoms with Crippen LogP contribution in [-0.4, -0.2) is 23.0 Å². The average Bonchev–Trinajstić information content (AvgIpc) is 2.60. The molecule has 0 aliphatic heterocycles. The first kappa shape index (κ1) is 19.0. The Hall–Kier alpha value is -3.34. The molecule has 2 aromatic carbocycles. The molecule has 0 aliphatic rings. The highest BCUT2D eigenvalue weighted by Crippen LogP contribution is 2.31. The number of carbonyl (C=O) groups is 2. The van der Waals surface area contributed by atoms with E-state index in [4.69, 9.17) is 5.26 Å². The van der Waals surface area contributed by atoms with Crippen molar-refractivity contribution < 1.29 is 27.9 Å². The summed E-state index contributed by atoms with van der Waals surface area (Å²) in [4.78, 5) is 23.7. The molecule has 0 saturated carbocycles. The quantitative estimate of drug-likeness (QED) is 0.856. The molecule has 2 aromatic rings. The van der Waals surface area contributed by atoms with Gasteiger partial charge in [-0.15, -0.1) is 0 Å². The number of amides is 1. The van der Waals surface area contributed by atoms with Gasteiger partial charge < -0.3 is 10.4 Å². The summed E-state index contributed by atoms with van der Waals surface area (Å²) in [6.45, 7) is 0. The number of carbonyl (C=O) groups excluding carboxylic acids is 1. The van der Waals surface area contributed by atoms with Gasteiger partial charge in [-0.2, -0.15) is 18.4 Å². The second-order valence-corrected chi connectivity index (χ2v) is 5.38. The van der Waals surface area contributed by atoms with Crippen LogP contribution < -0.4 is 5.32 Å². The summed E-state index contributed by atoms with van der Waals surface area (Å²) >= 11 is 0. The molecule has 134 valence electrons. The van der Waals surface area contributed by atoms with Crippen molar-refractivity contribution in [2.45, 2.75) is 18.6 Å². The van der Waals surface area contributed by atoms with Gasteiger partial charge in [-0.1, -0.05) is 30.3 Å². The first-order valence-electron chi connectivity index (χ1n) is 7.42. The number of carboxylic acids is 1. The molecule has 2 N–H and O–H groups in total. The van der Waals surface area contributed by atoms with Gasteiger partial charge in [0.25, 0.3) is 5.91 Å². The number of nitrogens with zero attached hydrogens (tertiary/aromatic N) is 1. The molecule has 26 heavy (non-hydrogen) atoms. The van der Waals surface area contributed by atoms with Crippen LogP contribution in [0.15, 0.2) is 48.5 Å². The SMILES string of the molecule is N#Cc1ccccc1C[C@@H](NC(=O)c1ccccc1C(F)(F)F)C(=O)O. The van der Waals surface area contributed by atoms with Crippen molar-refractivity contribution in [3.63, 3.8) is 0 Å². The number of alkyl halides is 3. The predicted molar refractivity (Wildman–Crippen MR) is 85.2 cm³/mol. The molecule has 1 atom stereocenters. The lowest BCUT2D eigenvalue weighted by molar-refractivity contribution is -0.139. The molecule has 0 aromatic heterocycles. The molecule has 0 saturated heterocycles. The minimum atomic E-state index is -4.75. The van der Waals surface area contributed by atoms with Crippen molar-refractivity contribution >= 4 is 11.9 Å². The Morgan fingerprint density at radius 1 is 1.12 bits per heavy atom. The zero-order valence-corrected chi connectivity index (χ0v) is 13.2. The number of aliphatic carboxylic acids is 1. The van der Waals surface area contributed by atoms with E-state index in [2.05, 4.69) is 5.32 Å². The molecule has 0 heterocycles. The first-order valence-corrected chi connectivity index (χ1v) is 7.42. The molecule has 0 bridgehead atoms. The highest BCUT2D eigenvalue weighted by molar-refractivity contribution is 5.98. The van der Waals surface area contributed by atoms with Crippen LogP contribution in [0.3, 0.4) is 0 Å². The normalized spacial score (nSPS) is 12.1. The lowest BCUT2D eigenvalue weighted by atomic mass is 10.00. The third-order valence-electron chi connectivity index (χ3n) is 3.64. The third-order valence-corrected chi connectivity index (χ3v) is 3.64. The monoisotopic (exact) mass is 362 g/mol. The van der Waals surface area contributed by atoms with Crippen molar-refractivity contribution in [3.8, 4) is 6.07 Å². The van der Waals surface area contributed by atoms with Gasteiger partial charge in [-0.25, -0.2) is 4.79 Å². The van der Waals surface area contributed by atoms with Gasteiger partial charge in [0, 0.05) is 6.42 Å². The Kier molecular flexibility index (Phi) is 5.62. The number of hydrogen-bond donors (Lipinski definition) is 2. The zero-order chi connectivity index (χ0) is 19.3.